The van der Waals surface area contributed by atoms with E-state index in [2.05, 4.69) is 5.32 Å². The van der Waals surface area contributed by atoms with E-state index in [0.717, 1.165) is 5.56 Å². The molecule has 0 amide bonds. The molecule has 0 aliphatic heterocycles. The van der Waals surface area contributed by atoms with Gasteiger partial charge in [0.1, 0.15) is 0 Å². The highest BCUT2D eigenvalue weighted by molar-refractivity contribution is 7.92. The van der Waals surface area contributed by atoms with Gasteiger partial charge >= 0.3 is 0 Å². The van der Waals surface area contributed by atoms with Crippen molar-refractivity contribution in [3.05, 3.63) is 39.9 Å². The van der Waals surface area contributed by atoms with Crippen LogP contribution >= 0.6 is 0 Å². The second-order valence-electron chi connectivity index (χ2n) is 4.52. The molecule has 0 spiro atoms. The number of non-ortho nitro benzene ring substituents is 1. The summed E-state index contributed by atoms with van der Waals surface area (Å²) in [6.07, 6.45) is 0. The number of sulfone groups is 1. The molecule has 0 saturated carbocycles. The van der Waals surface area contributed by atoms with Crippen LogP contribution in [0.3, 0.4) is 0 Å². The van der Waals surface area contributed by atoms with Crippen molar-refractivity contribution in [3.63, 3.8) is 0 Å². The number of nitro groups is 1. The van der Waals surface area contributed by atoms with Crippen LogP contribution in [0.25, 0.3) is 0 Å². The van der Waals surface area contributed by atoms with Crippen molar-refractivity contribution in [2.24, 2.45) is 0 Å². The molecular weight excluding hydrogens is 268 g/mol. The van der Waals surface area contributed by atoms with E-state index in [4.69, 9.17) is 0 Å². The fourth-order valence-electron chi connectivity index (χ4n) is 1.42. The minimum Gasteiger partial charge on any atom is -0.312 e. The molecule has 0 aliphatic carbocycles. The highest BCUT2D eigenvalue weighted by atomic mass is 32.2. The second-order valence-corrected chi connectivity index (χ2v) is 7.19. The number of rotatable bonds is 7. The highest BCUT2D eigenvalue weighted by Gasteiger charge is 2.14. The number of hydrogen-bond donors (Lipinski definition) is 1. The van der Waals surface area contributed by atoms with Gasteiger partial charge in [-0.15, -0.1) is 0 Å². The number of nitrogens with zero attached hydrogens (tertiary/aromatic N) is 1. The van der Waals surface area contributed by atoms with Crippen molar-refractivity contribution in [1.29, 1.82) is 0 Å². The fraction of sp³-hybridized carbons (Fsp3) is 0.500. The van der Waals surface area contributed by atoms with Crippen molar-refractivity contribution in [1.82, 2.24) is 5.32 Å². The van der Waals surface area contributed by atoms with Crippen LogP contribution in [0.1, 0.15) is 19.4 Å². The Kier molecular flexibility index (Phi) is 5.44. The first-order valence-corrected chi connectivity index (χ1v) is 7.70. The van der Waals surface area contributed by atoms with E-state index in [1.165, 1.54) is 12.1 Å². The smallest absolute Gasteiger partial charge is 0.269 e. The van der Waals surface area contributed by atoms with E-state index in [-0.39, 0.29) is 16.7 Å². The SMILES string of the molecule is CC(C)S(=O)(=O)CCNCc1ccc([N+](=O)[O-])cc1. The molecule has 0 unspecified atom stereocenters. The van der Waals surface area contributed by atoms with Gasteiger partial charge in [0, 0.05) is 25.2 Å². The predicted molar refractivity (Wildman–Crippen MR) is 73.7 cm³/mol. The van der Waals surface area contributed by atoms with Crippen LogP contribution in [-0.4, -0.2) is 30.9 Å². The molecule has 0 atom stereocenters. The summed E-state index contributed by atoms with van der Waals surface area (Å²) >= 11 is 0. The van der Waals surface area contributed by atoms with Crippen molar-refractivity contribution < 1.29 is 13.3 Å². The molecule has 19 heavy (non-hydrogen) atoms. The Bertz CT molecular complexity index is 523. The zero-order valence-electron chi connectivity index (χ0n) is 11.0. The maximum absolute atomic E-state index is 11.5. The molecule has 7 heteroatoms. The van der Waals surface area contributed by atoms with Crippen molar-refractivity contribution in [2.45, 2.75) is 25.6 Å². The van der Waals surface area contributed by atoms with Crippen LogP contribution in [-0.2, 0) is 16.4 Å². The number of benzene rings is 1. The molecule has 1 N–H and O–H groups in total. The lowest BCUT2D eigenvalue weighted by Crippen LogP contribution is -2.27. The molecule has 106 valence electrons. The van der Waals surface area contributed by atoms with E-state index in [9.17, 15) is 18.5 Å². The standard InChI is InChI=1S/C12H18N2O4S/c1-10(2)19(17,18)8-7-13-9-11-3-5-12(6-4-11)14(15)16/h3-6,10,13H,7-9H2,1-2H3. The molecular formula is C12H18N2O4S. The summed E-state index contributed by atoms with van der Waals surface area (Å²) in [5.74, 6) is 0.0949. The van der Waals surface area contributed by atoms with Gasteiger partial charge in [-0.05, 0) is 19.4 Å². The Morgan fingerprint density at radius 1 is 1.26 bits per heavy atom. The number of nitrogens with one attached hydrogen (secondary N) is 1. The quantitative estimate of drug-likeness (QED) is 0.466. The molecule has 1 rings (SSSR count). The van der Waals surface area contributed by atoms with E-state index in [1.54, 1.807) is 26.0 Å². The summed E-state index contributed by atoms with van der Waals surface area (Å²) < 4.78 is 23.1. The Morgan fingerprint density at radius 3 is 2.32 bits per heavy atom. The molecule has 0 bridgehead atoms. The van der Waals surface area contributed by atoms with Crippen LogP contribution < -0.4 is 5.32 Å². The Balaban J connectivity index is 2.40. The third kappa shape index (κ3) is 4.96. The summed E-state index contributed by atoms with van der Waals surface area (Å²) in [6, 6.07) is 6.17. The average molecular weight is 286 g/mol. The van der Waals surface area contributed by atoms with Crippen molar-refractivity contribution >= 4 is 15.5 Å². The van der Waals surface area contributed by atoms with Gasteiger partial charge in [-0.3, -0.25) is 10.1 Å². The molecule has 0 saturated heterocycles. The lowest BCUT2D eigenvalue weighted by Gasteiger charge is -2.08. The van der Waals surface area contributed by atoms with Gasteiger partial charge in [0.05, 0.1) is 15.9 Å². The monoisotopic (exact) mass is 286 g/mol. The molecule has 0 fully saturated rings. The first kappa shape index (κ1) is 15.6. The summed E-state index contributed by atoms with van der Waals surface area (Å²) in [6.45, 7) is 4.18. The zero-order chi connectivity index (χ0) is 14.5. The van der Waals surface area contributed by atoms with Crippen molar-refractivity contribution in [2.75, 3.05) is 12.3 Å². The van der Waals surface area contributed by atoms with Gasteiger partial charge in [-0.25, -0.2) is 8.42 Å². The minimum atomic E-state index is -3.02. The van der Waals surface area contributed by atoms with Crippen molar-refractivity contribution in [3.8, 4) is 0 Å². The summed E-state index contributed by atoms with van der Waals surface area (Å²) in [4.78, 5) is 10.0. The molecule has 1 aromatic carbocycles. The van der Waals surface area contributed by atoms with Gasteiger partial charge in [-0.2, -0.15) is 0 Å². The molecule has 0 heterocycles. The van der Waals surface area contributed by atoms with E-state index in [1.807, 2.05) is 0 Å². The first-order valence-electron chi connectivity index (χ1n) is 5.98. The Labute approximate surface area is 112 Å². The van der Waals surface area contributed by atoms with E-state index in [0.29, 0.717) is 13.1 Å². The van der Waals surface area contributed by atoms with Gasteiger partial charge < -0.3 is 5.32 Å². The molecule has 0 aliphatic rings. The molecule has 1 aromatic rings. The maximum Gasteiger partial charge on any atom is 0.269 e. The van der Waals surface area contributed by atoms with E-state index < -0.39 is 14.8 Å². The average Bonchev–Trinajstić information content (AvgIpc) is 2.35. The van der Waals surface area contributed by atoms with Gasteiger partial charge in [0.15, 0.2) is 9.84 Å². The van der Waals surface area contributed by atoms with E-state index >= 15 is 0 Å². The summed E-state index contributed by atoms with van der Waals surface area (Å²) in [5.41, 5.74) is 0.929. The third-order valence-corrected chi connectivity index (χ3v) is 4.97. The topological polar surface area (TPSA) is 89.3 Å². The number of nitro benzene ring substituents is 1. The summed E-state index contributed by atoms with van der Waals surface area (Å²) in [5, 5.41) is 13.1. The molecule has 0 aromatic heterocycles. The molecule has 0 radical (unpaired) electrons. The maximum atomic E-state index is 11.5. The van der Waals surface area contributed by atoms with Crippen LogP contribution in [0.4, 0.5) is 5.69 Å². The largest absolute Gasteiger partial charge is 0.312 e. The first-order chi connectivity index (χ1) is 8.83. The van der Waals surface area contributed by atoms with Crippen LogP contribution in [0, 0.1) is 10.1 Å². The lowest BCUT2D eigenvalue weighted by atomic mass is 10.2. The lowest BCUT2D eigenvalue weighted by molar-refractivity contribution is -0.384. The minimum absolute atomic E-state index is 0.0473. The number of hydrogen-bond acceptors (Lipinski definition) is 5. The van der Waals surface area contributed by atoms with Crippen LogP contribution in [0.15, 0.2) is 24.3 Å². The highest BCUT2D eigenvalue weighted by Crippen LogP contribution is 2.11. The normalized spacial score (nSPS) is 11.7. The second kappa shape index (κ2) is 6.63. The van der Waals surface area contributed by atoms with Gasteiger partial charge in [0.25, 0.3) is 5.69 Å². The molecule has 6 nitrogen and oxygen atoms in total. The Hall–Kier alpha value is -1.47. The van der Waals surface area contributed by atoms with Gasteiger partial charge in [-0.1, -0.05) is 12.1 Å². The van der Waals surface area contributed by atoms with Crippen LogP contribution in [0.2, 0.25) is 0 Å². The Morgan fingerprint density at radius 2 is 1.84 bits per heavy atom. The van der Waals surface area contributed by atoms with Crippen LogP contribution in [0.5, 0.6) is 0 Å². The summed E-state index contributed by atoms with van der Waals surface area (Å²) in [7, 11) is -3.02. The predicted octanol–water partition coefficient (Wildman–Crippen LogP) is 1.51. The third-order valence-electron chi connectivity index (χ3n) is 2.76. The van der Waals surface area contributed by atoms with Gasteiger partial charge in [0.2, 0.25) is 0 Å². The fourth-order valence-corrected chi connectivity index (χ4v) is 2.32. The zero-order valence-corrected chi connectivity index (χ0v) is 11.8.